The first kappa shape index (κ1) is 13.9. The fourth-order valence-electron chi connectivity index (χ4n) is 1.63. The molecule has 2 aromatic heterocycles. The Bertz CT molecular complexity index is 702. The van der Waals surface area contributed by atoms with E-state index in [-0.39, 0.29) is 16.0 Å². The van der Waals surface area contributed by atoms with Gasteiger partial charge in [-0.2, -0.15) is 5.10 Å². The van der Waals surface area contributed by atoms with Gasteiger partial charge in [0.25, 0.3) is 10.0 Å². The average Bonchev–Trinajstić information content (AvgIpc) is 2.84. The molecule has 0 aliphatic rings. The maximum Gasteiger partial charge on any atom is 0.270 e. The summed E-state index contributed by atoms with van der Waals surface area (Å²) in [4.78, 5) is 0. The first-order valence-electron chi connectivity index (χ1n) is 5.39. The van der Waals surface area contributed by atoms with Crippen LogP contribution in [0.15, 0.2) is 4.34 Å². The lowest BCUT2D eigenvalue weighted by Crippen LogP contribution is -2.23. The van der Waals surface area contributed by atoms with E-state index in [1.165, 1.54) is 0 Å². The molecule has 0 saturated carbocycles. The van der Waals surface area contributed by atoms with E-state index in [1.54, 1.807) is 4.68 Å². The fraction of sp³-hybridized carbons (Fsp3) is 0.444. The van der Waals surface area contributed by atoms with Crippen LogP contribution < -0.4 is 10.5 Å². The van der Waals surface area contributed by atoms with Gasteiger partial charge in [-0.15, -0.1) is 10.2 Å². The molecule has 104 valence electrons. The second-order valence-corrected chi connectivity index (χ2v) is 6.95. The summed E-state index contributed by atoms with van der Waals surface area (Å²) in [6.07, 6.45) is 0. The molecule has 19 heavy (non-hydrogen) atoms. The summed E-state index contributed by atoms with van der Waals surface area (Å²) in [6.45, 7) is 3.87. The van der Waals surface area contributed by atoms with Crippen molar-refractivity contribution in [2.24, 2.45) is 7.05 Å². The van der Waals surface area contributed by atoms with Crippen molar-refractivity contribution in [3.63, 3.8) is 0 Å². The number of nitrogens with zero attached hydrogens (tertiary/aromatic N) is 4. The van der Waals surface area contributed by atoms with Gasteiger partial charge >= 0.3 is 0 Å². The molecule has 0 unspecified atom stereocenters. The van der Waals surface area contributed by atoms with E-state index in [1.807, 2.05) is 20.9 Å². The van der Waals surface area contributed by atoms with Crippen LogP contribution in [0.25, 0.3) is 0 Å². The van der Waals surface area contributed by atoms with Gasteiger partial charge in [-0.3, -0.25) is 4.68 Å². The predicted molar refractivity (Wildman–Crippen MR) is 71.0 cm³/mol. The van der Waals surface area contributed by atoms with Gasteiger partial charge in [0.15, 0.2) is 0 Å². The van der Waals surface area contributed by atoms with Gasteiger partial charge in [-0.25, -0.2) is 13.1 Å². The number of aryl methyl sites for hydroxylation is 2. The van der Waals surface area contributed by atoms with Gasteiger partial charge in [0.2, 0.25) is 9.47 Å². The minimum absolute atomic E-state index is 0.120. The van der Waals surface area contributed by atoms with Gasteiger partial charge in [0, 0.05) is 24.8 Å². The van der Waals surface area contributed by atoms with Gasteiger partial charge in [-0.1, -0.05) is 11.3 Å². The molecule has 8 nitrogen and oxygen atoms in total. The standard InChI is InChI=1S/C9H14N6O2S2/c1-5-7(6(2)15(3)14-5)4-11-19(16,17)9-13-12-8(10)18-9/h11H,4H2,1-3H3,(H2,10,12). The summed E-state index contributed by atoms with van der Waals surface area (Å²) in [7, 11) is -1.87. The number of nitrogens with one attached hydrogen (secondary N) is 1. The highest BCUT2D eigenvalue weighted by Crippen LogP contribution is 2.18. The Morgan fingerprint density at radius 2 is 2.05 bits per heavy atom. The van der Waals surface area contributed by atoms with Crippen LogP contribution in [0.1, 0.15) is 17.0 Å². The molecule has 0 saturated heterocycles. The number of hydrogen-bond donors (Lipinski definition) is 2. The highest BCUT2D eigenvalue weighted by atomic mass is 32.2. The van der Waals surface area contributed by atoms with Crippen LogP contribution >= 0.6 is 11.3 Å². The van der Waals surface area contributed by atoms with Crippen LogP contribution in [-0.4, -0.2) is 28.4 Å². The summed E-state index contributed by atoms with van der Waals surface area (Å²) in [5.74, 6) is 0. The molecule has 2 rings (SSSR count). The Labute approximate surface area is 114 Å². The molecule has 3 N–H and O–H groups in total. The highest BCUT2D eigenvalue weighted by molar-refractivity contribution is 7.91. The Morgan fingerprint density at radius 1 is 1.37 bits per heavy atom. The van der Waals surface area contributed by atoms with Crippen molar-refractivity contribution < 1.29 is 8.42 Å². The topological polar surface area (TPSA) is 116 Å². The van der Waals surface area contributed by atoms with E-state index in [0.29, 0.717) is 0 Å². The van der Waals surface area contributed by atoms with Crippen LogP contribution in [0, 0.1) is 13.8 Å². The maximum absolute atomic E-state index is 12.0. The Hall–Kier alpha value is -1.52. The van der Waals surface area contributed by atoms with Crippen molar-refractivity contribution >= 4 is 26.5 Å². The largest absolute Gasteiger partial charge is 0.374 e. The molecule has 0 spiro atoms. The summed E-state index contributed by atoms with van der Waals surface area (Å²) >= 11 is 0.828. The summed E-state index contributed by atoms with van der Waals surface area (Å²) in [6, 6.07) is 0. The molecule has 0 bridgehead atoms. The number of nitrogens with two attached hydrogens (primary N) is 1. The van der Waals surface area contributed by atoms with Gasteiger partial charge in [0.05, 0.1) is 5.69 Å². The van der Waals surface area contributed by atoms with Gasteiger partial charge in [-0.05, 0) is 13.8 Å². The first-order chi connectivity index (χ1) is 8.81. The second kappa shape index (κ2) is 4.87. The molecule has 0 aromatic carbocycles. The van der Waals surface area contributed by atoms with E-state index in [0.717, 1.165) is 28.3 Å². The smallest absolute Gasteiger partial charge is 0.270 e. The lowest BCUT2D eigenvalue weighted by Gasteiger charge is -2.04. The van der Waals surface area contributed by atoms with Crippen LogP contribution in [-0.2, 0) is 23.6 Å². The van der Waals surface area contributed by atoms with E-state index in [2.05, 4.69) is 20.0 Å². The normalized spacial score (nSPS) is 11.9. The molecule has 0 amide bonds. The number of aromatic nitrogens is 4. The zero-order valence-corrected chi connectivity index (χ0v) is 12.3. The third-order valence-corrected chi connectivity index (χ3v) is 5.27. The molecular weight excluding hydrogens is 288 g/mol. The zero-order chi connectivity index (χ0) is 14.2. The molecule has 0 radical (unpaired) electrons. The minimum Gasteiger partial charge on any atom is -0.374 e. The number of nitrogen functional groups attached to an aromatic ring is 1. The molecular formula is C9H14N6O2S2. The molecule has 0 fully saturated rings. The average molecular weight is 302 g/mol. The summed E-state index contributed by atoms with van der Waals surface area (Å²) in [5.41, 5.74) is 7.93. The molecule has 10 heteroatoms. The monoisotopic (exact) mass is 302 g/mol. The van der Waals surface area contributed by atoms with E-state index >= 15 is 0 Å². The molecule has 2 aromatic rings. The zero-order valence-electron chi connectivity index (χ0n) is 10.7. The number of anilines is 1. The quantitative estimate of drug-likeness (QED) is 0.818. The van der Waals surface area contributed by atoms with Crippen LogP contribution in [0.4, 0.5) is 5.13 Å². The lowest BCUT2D eigenvalue weighted by molar-refractivity contribution is 0.579. The van der Waals surface area contributed by atoms with Gasteiger partial charge in [0.1, 0.15) is 0 Å². The SMILES string of the molecule is Cc1nn(C)c(C)c1CNS(=O)(=O)c1nnc(N)s1. The van der Waals surface area contributed by atoms with Crippen molar-refractivity contribution in [2.45, 2.75) is 24.7 Å². The second-order valence-electron chi connectivity index (χ2n) is 4.00. The maximum atomic E-state index is 12.0. The third-order valence-electron chi connectivity index (χ3n) is 2.75. The number of rotatable bonds is 4. The fourth-order valence-corrected chi connectivity index (χ4v) is 3.45. The molecule has 0 atom stereocenters. The Balaban J connectivity index is 2.18. The van der Waals surface area contributed by atoms with Crippen LogP contribution in [0.2, 0.25) is 0 Å². The molecule has 0 aliphatic heterocycles. The molecule has 2 heterocycles. The summed E-state index contributed by atoms with van der Waals surface area (Å²) in [5, 5.41) is 11.4. The van der Waals surface area contributed by atoms with Crippen molar-refractivity contribution in [3.05, 3.63) is 17.0 Å². The first-order valence-corrected chi connectivity index (χ1v) is 7.69. The van der Waals surface area contributed by atoms with Crippen LogP contribution in [0.5, 0.6) is 0 Å². The Kier molecular flexibility index (Phi) is 3.56. The van der Waals surface area contributed by atoms with Crippen molar-refractivity contribution in [2.75, 3.05) is 5.73 Å². The molecule has 0 aliphatic carbocycles. The van der Waals surface area contributed by atoms with E-state index < -0.39 is 10.0 Å². The third kappa shape index (κ3) is 2.74. The minimum atomic E-state index is -3.68. The van der Waals surface area contributed by atoms with Crippen molar-refractivity contribution in [1.29, 1.82) is 0 Å². The Morgan fingerprint density at radius 3 is 2.53 bits per heavy atom. The summed E-state index contributed by atoms with van der Waals surface area (Å²) < 4.78 is 28.0. The predicted octanol–water partition coefficient (Wildman–Crippen LogP) is -0.0509. The van der Waals surface area contributed by atoms with E-state index in [9.17, 15) is 8.42 Å². The highest BCUT2D eigenvalue weighted by Gasteiger charge is 2.20. The van der Waals surface area contributed by atoms with Crippen LogP contribution in [0.3, 0.4) is 0 Å². The van der Waals surface area contributed by atoms with Crippen molar-refractivity contribution in [3.8, 4) is 0 Å². The van der Waals surface area contributed by atoms with Gasteiger partial charge < -0.3 is 5.73 Å². The lowest BCUT2D eigenvalue weighted by atomic mass is 10.2. The number of hydrogen-bond acceptors (Lipinski definition) is 7. The number of sulfonamides is 1. The van der Waals surface area contributed by atoms with E-state index in [4.69, 9.17) is 5.73 Å². The van der Waals surface area contributed by atoms with Crippen molar-refractivity contribution in [1.82, 2.24) is 24.7 Å².